The van der Waals surface area contributed by atoms with E-state index in [0.29, 0.717) is 11.1 Å². The Labute approximate surface area is 148 Å². The second-order valence-corrected chi connectivity index (χ2v) is 6.99. The Kier molecular flexibility index (Phi) is 3.97. The molecule has 1 aromatic carbocycles. The van der Waals surface area contributed by atoms with Crippen LogP contribution in [0.4, 0.5) is 4.39 Å². The van der Waals surface area contributed by atoms with Crippen LogP contribution in [0.15, 0.2) is 12.1 Å². The van der Waals surface area contributed by atoms with E-state index in [9.17, 15) is 23.6 Å². The number of hydrogen-bond acceptors (Lipinski definition) is 4. The van der Waals surface area contributed by atoms with Crippen LogP contribution in [0.1, 0.15) is 47.2 Å². The zero-order valence-corrected chi connectivity index (χ0v) is 14.0. The lowest BCUT2D eigenvalue weighted by Crippen LogP contribution is -2.52. The van der Waals surface area contributed by atoms with Gasteiger partial charge in [0.2, 0.25) is 17.7 Å². The molecule has 2 heterocycles. The molecule has 2 fully saturated rings. The molecule has 0 aromatic heterocycles. The van der Waals surface area contributed by atoms with Gasteiger partial charge in [0.1, 0.15) is 11.9 Å². The van der Waals surface area contributed by atoms with Crippen LogP contribution < -0.4 is 10.6 Å². The second-order valence-electron chi connectivity index (χ2n) is 6.99. The smallest absolute Gasteiger partial charge is 0.255 e. The summed E-state index contributed by atoms with van der Waals surface area (Å²) in [5.74, 6) is -1.86. The van der Waals surface area contributed by atoms with E-state index >= 15 is 0 Å². The first kappa shape index (κ1) is 16.7. The number of piperidine rings is 1. The molecule has 7 nitrogen and oxygen atoms in total. The lowest BCUT2D eigenvalue weighted by molar-refractivity contribution is -0.137. The van der Waals surface area contributed by atoms with Crippen LogP contribution in [0.2, 0.25) is 0 Å². The Hall–Kier alpha value is -2.77. The zero-order valence-electron chi connectivity index (χ0n) is 14.0. The Morgan fingerprint density at radius 1 is 1.23 bits per heavy atom. The van der Waals surface area contributed by atoms with Gasteiger partial charge in [-0.3, -0.25) is 24.5 Å². The summed E-state index contributed by atoms with van der Waals surface area (Å²) < 4.78 is 14.3. The topological polar surface area (TPSA) is 95.6 Å². The molecule has 0 spiro atoms. The molecule has 0 radical (unpaired) electrons. The third kappa shape index (κ3) is 2.95. The average Bonchev–Trinajstić information content (AvgIpc) is 3.40. The summed E-state index contributed by atoms with van der Waals surface area (Å²) in [7, 11) is 0. The Balaban J connectivity index is 1.51. The molecular weight excluding hydrogens is 341 g/mol. The van der Waals surface area contributed by atoms with Crippen LogP contribution in [-0.4, -0.2) is 34.6 Å². The van der Waals surface area contributed by atoms with Gasteiger partial charge < -0.3 is 10.2 Å². The van der Waals surface area contributed by atoms with Crippen LogP contribution in [0.5, 0.6) is 0 Å². The number of carbonyl (C=O) groups is 4. The predicted molar refractivity (Wildman–Crippen MR) is 87.0 cm³/mol. The van der Waals surface area contributed by atoms with Crippen LogP contribution in [-0.2, 0) is 27.5 Å². The predicted octanol–water partition coefficient (Wildman–Crippen LogP) is 0.613. The highest BCUT2D eigenvalue weighted by atomic mass is 19.1. The van der Waals surface area contributed by atoms with Gasteiger partial charge in [-0.05, 0) is 37.0 Å². The molecule has 3 aliphatic rings. The first-order valence-electron chi connectivity index (χ1n) is 8.67. The van der Waals surface area contributed by atoms with Crippen molar-refractivity contribution in [2.75, 3.05) is 0 Å². The molecule has 1 saturated heterocycles. The van der Waals surface area contributed by atoms with E-state index in [-0.39, 0.29) is 49.2 Å². The summed E-state index contributed by atoms with van der Waals surface area (Å²) in [6, 6.07) is 2.01. The van der Waals surface area contributed by atoms with Crippen molar-refractivity contribution in [3.63, 3.8) is 0 Å². The minimum absolute atomic E-state index is 0.0390. The van der Waals surface area contributed by atoms with Crippen molar-refractivity contribution in [1.29, 1.82) is 0 Å². The number of benzene rings is 1. The maximum absolute atomic E-state index is 14.3. The van der Waals surface area contributed by atoms with Crippen molar-refractivity contribution in [1.82, 2.24) is 15.5 Å². The summed E-state index contributed by atoms with van der Waals surface area (Å²) >= 11 is 0. The van der Waals surface area contributed by atoms with Gasteiger partial charge in [0.05, 0.1) is 0 Å². The fourth-order valence-corrected chi connectivity index (χ4v) is 3.45. The molecule has 1 aromatic rings. The lowest BCUT2D eigenvalue weighted by atomic mass is 10.0. The molecule has 26 heavy (non-hydrogen) atoms. The van der Waals surface area contributed by atoms with Crippen LogP contribution >= 0.6 is 0 Å². The largest absolute Gasteiger partial charge is 0.352 e. The SMILES string of the molecule is O=C1CCC(N2Cc3cc(CNC(=O)C4CC4)c(F)cc3C2=O)C(=O)N1. The second kappa shape index (κ2) is 6.19. The highest BCUT2D eigenvalue weighted by molar-refractivity contribution is 6.05. The normalized spacial score (nSPS) is 22.3. The van der Waals surface area contributed by atoms with E-state index in [1.54, 1.807) is 6.07 Å². The molecule has 1 unspecified atom stereocenters. The van der Waals surface area contributed by atoms with Crippen LogP contribution in [0.3, 0.4) is 0 Å². The third-order valence-corrected chi connectivity index (χ3v) is 5.09. The number of nitrogens with zero attached hydrogens (tertiary/aromatic N) is 1. The third-order valence-electron chi connectivity index (χ3n) is 5.09. The number of carbonyl (C=O) groups excluding carboxylic acids is 4. The highest BCUT2D eigenvalue weighted by Gasteiger charge is 2.39. The van der Waals surface area contributed by atoms with E-state index in [4.69, 9.17) is 0 Å². The molecule has 4 amide bonds. The van der Waals surface area contributed by atoms with Gasteiger partial charge in [0, 0.05) is 36.6 Å². The van der Waals surface area contributed by atoms with Gasteiger partial charge in [0.15, 0.2) is 0 Å². The number of halogens is 1. The summed E-state index contributed by atoms with van der Waals surface area (Å²) in [5, 5.41) is 4.94. The van der Waals surface area contributed by atoms with E-state index < -0.39 is 23.7 Å². The first-order valence-corrected chi connectivity index (χ1v) is 8.67. The number of hydrogen-bond donors (Lipinski definition) is 2. The quantitative estimate of drug-likeness (QED) is 0.770. The maximum Gasteiger partial charge on any atom is 0.255 e. The Bertz CT molecular complexity index is 834. The number of amides is 4. The van der Waals surface area contributed by atoms with Crippen molar-refractivity contribution >= 4 is 23.6 Å². The minimum atomic E-state index is -0.728. The van der Waals surface area contributed by atoms with E-state index in [1.807, 2.05) is 0 Å². The number of nitrogens with one attached hydrogen (secondary N) is 2. The average molecular weight is 359 g/mol. The molecule has 136 valence electrons. The standard InChI is InChI=1S/C18H18FN3O4/c19-13-6-12-11(5-10(13)7-20-16(24)9-1-2-9)8-22(18(12)26)14-3-4-15(23)21-17(14)25/h5-6,9,14H,1-4,7-8H2,(H,20,24)(H,21,23,25). The maximum atomic E-state index is 14.3. The van der Waals surface area contributed by atoms with E-state index in [0.717, 1.165) is 12.8 Å². The fourth-order valence-electron chi connectivity index (χ4n) is 3.45. The molecule has 4 rings (SSSR count). The monoisotopic (exact) mass is 359 g/mol. The zero-order chi connectivity index (χ0) is 18.4. The van der Waals surface area contributed by atoms with Crippen molar-refractivity contribution in [3.8, 4) is 0 Å². The van der Waals surface area contributed by atoms with E-state index in [2.05, 4.69) is 10.6 Å². The van der Waals surface area contributed by atoms with Crippen molar-refractivity contribution < 1.29 is 23.6 Å². The molecule has 1 aliphatic carbocycles. The Morgan fingerprint density at radius 3 is 2.69 bits per heavy atom. The molecule has 1 atom stereocenters. The van der Waals surface area contributed by atoms with Crippen LogP contribution in [0.25, 0.3) is 0 Å². The van der Waals surface area contributed by atoms with Gasteiger partial charge in [-0.25, -0.2) is 4.39 Å². The molecule has 2 N–H and O–H groups in total. The Morgan fingerprint density at radius 2 is 2.00 bits per heavy atom. The molecule has 8 heteroatoms. The number of imide groups is 1. The molecular formula is C18H18FN3O4. The van der Waals surface area contributed by atoms with E-state index in [1.165, 1.54) is 11.0 Å². The van der Waals surface area contributed by atoms with Crippen LogP contribution in [0, 0.1) is 11.7 Å². The van der Waals surface area contributed by atoms with Gasteiger partial charge >= 0.3 is 0 Å². The fraction of sp³-hybridized carbons (Fsp3) is 0.444. The summed E-state index contributed by atoms with van der Waals surface area (Å²) in [5.41, 5.74) is 1.16. The number of rotatable bonds is 4. The number of fused-ring (bicyclic) bond motifs is 1. The highest BCUT2D eigenvalue weighted by Crippen LogP contribution is 2.30. The lowest BCUT2D eigenvalue weighted by Gasteiger charge is -2.29. The van der Waals surface area contributed by atoms with Gasteiger partial charge in [-0.15, -0.1) is 0 Å². The first-order chi connectivity index (χ1) is 12.4. The minimum Gasteiger partial charge on any atom is -0.352 e. The molecule has 2 aliphatic heterocycles. The summed E-state index contributed by atoms with van der Waals surface area (Å²) in [6.45, 7) is 0.255. The molecule has 1 saturated carbocycles. The summed E-state index contributed by atoms with van der Waals surface area (Å²) in [6.07, 6.45) is 2.17. The van der Waals surface area contributed by atoms with Gasteiger partial charge in [-0.1, -0.05) is 0 Å². The van der Waals surface area contributed by atoms with Crippen molar-refractivity contribution in [2.45, 2.75) is 44.8 Å². The summed E-state index contributed by atoms with van der Waals surface area (Å²) in [4.78, 5) is 49.0. The van der Waals surface area contributed by atoms with Gasteiger partial charge in [-0.2, -0.15) is 0 Å². The molecule has 0 bridgehead atoms. The van der Waals surface area contributed by atoms with Crippen molar-refractivity contribution in [2.24, 2.45) is 5.92 Å². The van der Waals surface area contributed by atoms with Crippen molar-refractivity contribution in [3.05, 3.63) is 34.6 Å². The van der Waals surface area contributed by atoms with Gasteiger partial charge in [0.25, 0.3) is 5.91 Å².